The van der Waals surface area contributed by atoms with Crippen LogP contribution < -0.4 is 5.32 Å². The van der Waals surface area contributed by atoms with Gasteiger partial charge in [0.25, 0.3) is 5.91 Å². The van der Waals surface area contributed by atoms with Crippen LogP contribution in [0.2, 0.25) is 0 Å². The van der Waals surface area contributed by atoms with Gasteiger partial charge in [0.15, 0.2) is 6.10 Å². The first-order valence-electron chi connectivity index (χ1n) is 4.88. The lowest BCUT2D eigenvalue weighted by molar-refractivity contribution is -0.143. The summed E-state index contributed by atoms with van der Waals surface area (Å²) in [4.78, 5) is 34.0. The number of nitrogens with one attached hydrogen (secondary N) is 1. The highest BCUT2D eigenvalue weighted by atomic mass is 16.4. The quantitative estimate of drug-likeness (QED) is 0.136. The van der Waals surface area contributed by atoms with Gasteiger partial charge in [0.05, 0.1) is 6.04 Å². The predicted molar refractivity (Wildman–Crippen MR) is 57.7 cm³/mol. The van der Waals surface area contributed by atoms with Crippen molar-refractivity contribution in [2.45, 2.75) is 24.4 Å². The molecule has 0 saturated heterocycles. The van der Waals surface area contributed by atoms with E-state index in [1.165, 1.54) is 0 Å². The van der Waals surface area contributed by atoms with E-state index in [0.717, 1.165) is 0 Å². The summed E-state index contributed by atoms with van der Waals surface area (Å²) in [6.07, 6.45) is -6.23. The molecule has 4 atom stereocenters. The summed E-state index contributed by atoms with van der Waals surface area (Å²) in [5.74, 6) is -2.64. The zero-order valence-electron chi connectivity index (χ0n) is 9.45. The summed E-state index contributed by atoms with van der Waals surface area (Å²) in [7, 11) is 0. The van der Waals surface area contributed by atoms with Gasteiger partial charge in [-0.05, 0) is 5.53 Å². The van der Waals surface area contributed by atoms with Crippen LogP contribution in [0.5, 0.6) is 0 Å². The molecule has 0 rings (SSSR count). The molecule has 106 valence electrons. The molecule has 0 aromatic carbocycles. The fraction of sp³-hybridized carbons (Fsp3) is 0.625. The summed E-state index contributed by atoms with van der Waals surface area (Å²) in [5, 5.41) is 41.0. The minimum absolute atomic E-state index is 0.0512. The normalized spacial score (nSPS) is 16.4. The molecule has 1 unspecified atom stereocenters. The second-order valence-corrected chi connectivity index (χ2v) is 3.37. The van der Waals surface area contributed by atoms with Crippen molar-refractivity contribution in [3.8, 4) is 0 Å². The number of carbonyl (C=O) groups excluding carboxylic acids is 2. The predicted octanol–water partition coefficient (Wildman–Crippen LogP) is -2.85. The van der Waals surface area contributed by atoms with Crippen LogP contribution in [0.3, 0.4) is 0 Å². The van der Waals surface area contributed by atoms with Gasteiger partial charge in [-0.1, -0.05) is 5.11 Å². The molecule has 0 aliphatic carbocycles. The van der Waals surface area contributed by atoms with Gasteiger partial charge in [0, 0.05) is 4.91 Å². The van der Waals surface area contributed by atoms with Crippen molar-refractivity contribution in [3.05, 3.63) is 10.4 Å². The number of azide groups is 1. The van der Waals surface area contributed by atoms with Gasteiger partial charge >= 0.3 is 5.97 Å². The Bertz CT molecular complexity index is 395. The van der Waals surface area contributed by atoms with Gasteiger partial charge in [-0.3, -0.25) is 9.59 Å². The Labute approximate surface area is 106 Å². The summed E-state index contributed by atoms with van der Waals surface area (Å²) < 4.78 is 0. The number of hydrogen-bond donors (Lipinski definition) is 5. The van der Waals surface area contributed by atoms with Crippen LogP contribution in [0.25, 0.3) is 10.4 Å². The van der Waals surface area contributed by atoms with E-state index in [4.69, 9.17) is 15.7 Å². The van der Waals surface area contributed by atoms with Crippen LogP contribution in [0.15, 0.2) is 5.11 Å². The van der Waals surface area contributed by atoms with Gasteiger partial charge in [-0.2, -0.15) is 0 Å². The Morgan fingerprint density at radius 3 is 2.37 bits per heavy atom. The summed E-state index contributed by atoms with van der Waals surface area (Å²) in [5.41, 5.74) is 8.19. The highest BCUT2D eigenvalue weighted by molar-refractivity contribution is 5.84. The molecular formula is C8H12N4O7. The van der Waals surface area contributed by atoms with Crippen molar-refractivity contribution in [2.24, 2.45) is 5.11 Å². The van der Waals surface area contributed by atoms with Gasteiger partial charge in [0.2, 0.25) is 0 Å². The molecule has 0 aromatic heterocycles. The zero-order chi connectivity index (χ0) is 15.0. The molecule has 0 heterocycles. The lowest BCUT2D eigenvalue weighted by Crippen LogP contribution is -2.51. The highest BCUT2D eigenvalue weighted by Gasteiger charge is 2.35. The average Bonchev–Trinajstić information content (AvgIpc) is 2.39. The number of carbonyl (C=O) groups is 3. The maximum Gasteiger partial charge on any atom is 0.322 e. The molecule has 0 fully saturated rings. The van der Waals surface area contributed by atoms with Crippen LogP contribution in [0, 0.1) is 0 Å². The van der Waals surface area contributed by atoms with Gasteiger partial charge in [-0.15, -0.1) is 0 Å². The minimum atomic E-state index is -2.18. The van der Waals surface area contributed by atoms with Gasteiger partial charge in [-0.25, -0.2) is 0 Å². The fourth-order valence-corrected chi connectivity index (χ4v) is 1.09. The number of rotatable bonds is 8. The number of nitrogens with zero attached hydrogens (tertiary/aromatic N) is 3. The number of aliphatic hydroxyl groups is 3. The molecular weight excluding hydrogens is 264 g/mol. The van der Waals surface area contributed by atoms with Gasteiger partial charge in [0.1, 0.15) is 25.0 Å². The van der Waals surface area contributed by atoms with E-state index in [9.17, 15) is 24.6 Å². The third kappa shape index (κ3) is 5.31. The van der Waals surface area contributed by atoms with Crippen LogP contribution in [-0.2, 0) is 14.4 Å². The van der Waals surface area contributed by atoms with E-state index in [1.54, 1.807) is 5.32 Å². The number of carboxylic acids is 1. The lowest BCUT2D eigenvalue weighted by atomic mass is 10.0. The molecule has 11 heteroatoms. The van der Waals surface area contributed by atoms with Crippen molar-refractivity contribution in [1.29, 1.82) is 0 Å². The number of aliphatic carboxylic acids is 1. The Kier molecular flexibility index (Phi) is 7.07. The summed E-state index contributed by atoms with van der Waals surface area (Å²) in [6.45, 7) is -0.801. The third-order valence-electron chi connectivity index (χ3n) is 2.03. The third-order valence-corrected chi connectivity index (χ3v) is 2.03. The number of aldehydes is 1. The monoisotopic (exact) mass is 276 g/mol. The smallest absolute Gasteiger partial charge is 0.322 e. The maximum absolute atomic E-state index is 11.2. The van der Waals surface area contributed by atoms with E-state index >= 15 is 0 Å². The first-order valence-corrected chi connectivity index (χ1v) is 4.88. The number of aliphatic hydroxyl groups excluding tert-OH is 3. The molecule has 0 spiro atoms. The van der Waals surface area contributed by atoms with Crippen molar-refractivity contribution in [1.82, 2.24) is 5.32 Å². The molecule has 0 aliphatic heterocycles. The zero-order valence-corrected chi connectivity index (χ0v) is 9.45. The number of amides is 1. The Balaban J connectivity index is 4.78. The topological polar surface area (TPSA) is 193 Å². The fourth-order valence-electron chi connectivity index (χ4n) is 1.09. The largest absolute Gasteiger partial charge is 0.480 e. The summed E-state index contributed by atoms with van der Waals surface area (Å²) >= 11 is 0. The Morgan fingerprint density at radius 2 is 1.95 bits per heavy atom. The lowest BCUT2D eigenvalue weighted by Gasteiger charge is -2.23. The molecule has 11 nitrogen and oxygen atoms in total. The molecule has 0 aromatic rings. The molecule has 0 radical (unpaired) electrons. The van der Waals surface area contributed by atoms with E-state index < -0.39 is 42.8 Å². The maximum atomic E-state index is 11.2. The van der Waals surface area contributed by atoms with Crippen molar-refractivity contribution in [3.63, 3.8) is 0 Å². The van der Waals surface area contributed by atoms with Crippen LogP contribution in [0.1, 0.15) is 0 Å². The van der Waals surface area contributed by atoms with Crippen LogP contribution >= 0.6 is 0 Å². The van der Waals surface area contributed by atoms with E-state index in [2.05, 4.69) is 10.0 Å². The highest BCUT2D eigenvalue weighted by Crippen LogP contribution is 2.09. The first kappa shape index (κ1) is 16.8. The van der Waals surface area contributed by atoms with Gasteiger partial charge < -0.3 is 30.5 Å². The second-order valence-electron chi connectivity index (χ2n) is 3.37. The molecule has 1 amide bonds. The Hall–Kier alpha value is -2.20. The minimum Gasteiger partial charge on any atom is -0.480 e. The van der Waals surface area contributed by atoms with Crippen LogP contribution in [0.4, 0.5) is 0 Å². The van der Waals surface area contributed by atoms with Crippen molar-refractivity contribution in [2.75, 3.05) is 6.54 Å². The molecule has 0 bridgehead atoms. The molecule has 19 heavy (non-hydrogen) atoms. The van der Waals surface area contributed by atoms with Crippen molar-refractivity contribution < 1.29 is 34.8 Å². The van der Waals surface area contributed by atoms with E-state index in [0.29, 0.717) is 0 Å². The Morgan fingerprint density at radius 1 is 1.37 bits per heavy atom. The molecule has 5 N–H and O–H groups in total. The average molecular weight is 276 g/mol. The van der Waals surface area contributed by atoms with Crippen molar-refractivity contribution >= 4 is 18.2 Å². The number of hydrogen-bond acceptors (Lipinski definition) is 7. The second kappa shape index (κ2) is 8.00. The molecule has 0 saturated carbocycles. The van der Waals surface area contributed by atoms with E-state index in [1.807, 2.05) is 0 Å². The SMILES string of the molecule is [N-]=[N+]=NC([C@@H](O)C=O)[C@H](O)[C@@H](O)C(=O)NCC(=O)O. The molecule has 0 aliphatic rings. The number of carboxylic acid groups (broad SMARTS) is 1. The first-order chi connectivity index (χ1) is 8.84. The van der Waals surface area contributed by atoms with E-state index in [-0.39, 0.29) is 6.29 Å². The van der Waals surface area contributed by atoms with Crippen LogP contribution in [-0.4, -0.2) is 69.5 Å². The standard InChI is InChI=1S/C8H12N4O7/c9-12-11-5(3(14)2-13)6(17)7(18)8(19)10-1-4(15)16/h2-3,5-7,14,17-18H,1H2,(H,10,19)(H,15,16)/t3-,5?,6-,7+/m0/s1. The summed E-state index contributed by atoms with van der Waals surface area (Å²) in [6, 6.07) is -1.78.